The van der Waals surface area contributed by atoms with Crippen molar-refractivity contribution < 1.29 is 13.2 Å². The molecule has 1 nitrogen and oxygen atoms in total. The molecule has 0 fully saturated rings. The summed E-state index contributed by atoms with van der Waals surface area (Å²) in [4.78, 5) is 0. The van der Waals surface area contributed by atoms with Gasteiger partial charge in [-0.1, -0.05) is 41.9 Å². The number of likely N-dealkylation sites (N-methyl/N-ethyl adjacent to an activating group) is 1. The van der Waals surface area contributed by atoms with E-state index in [0.717, 1.165) is 0 Å². The summed E-state index contributed by atoms with van der Waals surface area (Å²) in [6.45, 7) is 0.0718. The van der Waals surface area contributed by atoms with Crippen molar-refractivity contribution in [3.05, 3.63) is 40.9 Å². The molecule has 88 valence electrons. The van der Waals surface area contributed by atoms with Crippen LogP contribution in [0.2, 0.25) is 0 Å². The Morgan fingerprint density at radius 3 is 2.25 bits per heavy atom. The monoisotopic (exact) mass is 249 g/mol. The van der Waals surface area contributed by atoms with Crippen LogP contribution in [0.3, 0.4) is 0 Å². The van der Waals surface area contributed by atoms with Crippen LogP contribution in [0.25, 0.3) is 5.57 Å². The second-order valence-corrected chi connectivity index (χ2v) is 3.56. The molecular formula is C11H11ClF3N. The van der Waals surface area contributed by atoms with Gasteiger partial charge in [-0.05, 0) is 18.2 Å². The molecule has 0 amide bonds. The third-order valence-electron chi connectivity index (χ3n) is 1.99. The van der Waals surface area contributed by atoms with E-state index >= 15 is 0 Å². The van der Waals surface area contributed by atoms with Gasteiger partial charge in [-0.3, -0.25) is 0 Å². The Hall–Kier alpha value is -1.00. The fourth-order valence-corrected chi connectivity index (χ4v) is 1.47. The first kappa shape index (κ1) is 13.1. The van der Waals surface area contributed by atoms with Crippen molar-refractivity contribution in [1.82, 2.24) is 5.32 Å². The minimum absolute atomic E-state index is 0.0530. The smallest absolute Gasteiger partial charge is 0.316 e. The van der Waals surface area contributed by atoms with Crippen LogP contribution in [-0.4, -0.2) is 19.8 Å². The topological polar surface area (TPSA) is 12.0 Å². The second kappa shape index (κ2) is 5.37. The summed E-state index contributed by atoms with van der Waals surface area (Å²) in [7, 11) is 1.57. The van der Waals surface area contributed by atoms with E-state index in [1.165, 1.54) is 0 Å². The van der Waals surface area contributed by atoms with Crippen molar-refractivity contribution in [3.8, 4) is 0 Å². The van der Waals surface area contributed by atoms with Crippen molar-refractivity contribution in [3.63, 3.8) is 0 Å². The summed E-state index contributed by atoms with van der Waals surface area (Å²) in [6, 6.07) is 8.28. The quantitative estimate of drug-likeness (QED) is 0.866. The van der Waals surface area contributed by atoms with E-state index < -0.39 is 11.2 Å². The molecule has 1 N–H and O–H groups in total. The minimum atomic E-state index is -4.51. The van der Waals surface area contributed by atoms with Crippen molar-refractivity contribution in [2.24, 2.45) is 0 Å². The molecular weight excluding hydrogens is 239 g/mol. The first-order valence-corrected chi connectivity index (χ1v) is 5.00. The Kier molecular flexibility index (Phi) is 4.38. The third kappa shape index (κ3) is 3.25. The van der Waals surface area contributed by atoms with Crippen LogP contribution in [-0.2, 0) is 0 Å². The van der Waals surface area contributed by atoms with Gasteiger partial charge in [-0.15, -0.1) is 0 Å². The van der Waals surface area contributed by atoms with Gasteiger partial charge in [0.15, 0.2) is 0 Å². The van der Waals surface area contributed by atoms with Crippen LogP contribution >= 0.6 is 11.6 Å². The number of hydrogen-bond donors (Lipinski definition) is 1. The SMILES string of the molecule is CNC/C(=C(/Cl)C(F)(F)F)c1ccccc1. The molecule has 5 heteroatoms. The lowest BCUT2D eigenvalue weighted by Gasteiger charge is -2.13. The summed E-state index contributed by atoms with van der Waals surface area (Å²) < 4.78 is 37.5. The summed E-state index contributed by atoms with van der Waals surface area (Å²) >= 11 is 5.35. The van der Waals surface area contributed by atoms with Gasteiger partial charge >= 0.3 is 6.18 Å². The van der Waals surface area contributed by atoms with Crippen LogP contribution < -0.4 is 5.32 Å². The van der Waals surface area contributed by atoms with Crippen LogP contribution in [0.5, 0.6) is 0 Å². The molecule has 0 atom stereocenters. The highest BCUT2D eigenvalue weighted by molar-refractivity contribution is 6.33. The highest BCUT2D eigenvalue weighted by Crippen LogP contribution is 2.34. The molecule has 0 radical (unpaired) electrons. The summed E-state index contributed by atoms with van der Waals surface area (Å²) in [6.07, 6.45) is -4.51. The Labute approximate surface area is 96.9 Å². The number of benzene rings is 1. The van der Waals surface area contributed by atoms with Crippen molar-refractivity contribution in [2.45, 2.75) is 6.18 Å². The Morgan fingerprint density at radius 1 is 1.25 bits per heavy atom. The van der Waals surface area contributed by atoms with Crippen LogP contribution in [0, 0.1) is 0 Å². The van der Waals surface area contributed by atoms with Gasteiger partial charge in [0.1, 0.15) is 5.03 Å². The van der Waals surface area contributed by atoms with Gasteiger partial charge in [0, 0.05) is 6.54 Å². The lowest BCUT2D eigenvalue weighted by molar-refractivity contribution is -0.0840. The molecule has 0 unspecified atom stereocenters. The highest BCUT2D eigenvalue weighted by Gasteiger charge is 2.35. The summed E-state index contributed by atoms with van der Waals surface area (Å²) in [5, 5.41) is 1.60. The van der Waals surface area contributed by atoms with E-state index in [-0.39, 0.29) is 12.1 Å². The normalized spacial score (nSPS) is 13.6. The molecule has 16 heavy (non-hydrogen) atoms. The number of hydrogen-bond acceptors (Lipinski definition) is 1. The number of allylic oxidation sites excluding steroid dienone is 1. The lowest BCUT2D eigenvalue weighted by atomic mass is 10.1. The molecule has 0 aliphatic rings. The molecule has 0 heterocycles. The number of alkyl halides is 3. The molecule has 0 aliphatic heterocycles. The molecule has 1 rings (SSSR count). The molecule has 0 bridgehead atoms. The molecule has 1 aromatic carbocycles. The standard InChI is InChI=1S/C11H11ClF3N/c1-16-7-9(10(12)11(13,14)15)8-5-3-2-4-6-8/h2-6,16H,7H2,1H3/b10-9-. The van der Waals surface area contributed by atoms with Crippen molar-refractivity contribution in [2.75, 3.05) is 13.6 Å². The zero-order valence-corrected chi connectivity index (χ0v) is 9.36. The second-order valence-electron chi connectivity index (χ2n) is 3.19. The highest BCUT2D eigenvalue weighted by atomic mass is 35.5. The molecule has 0 saturated carbocycles. The van der Waals surface area contributed by atoms with E-state index in [9.17, 15) is 13.2 Å². The first-order chi connectivity index (χ1) is 7.46. The van der Waals surface area contributed by atoms with Gasteiger partial charge in [0.25, 0.3) is 0 Å². The van der Waals surface area contributed by atoms with Crippen LogP contribution in [0.4, 0.5) is 13.2 Å². The molecule has 0 aromatic heterocycles. The average Bonchev–Trinajstić information content (AvgIpc) is 2.25. The Bertz CT molecular complexity index is 371. The number of halogens is 4. The van der Waals surface area contributed by atoms with Crippen LogP contribution in [0.1, 0.15) is 5.56 Å². The fourth-order valence-electron chi connectivity index (χ4n) is 1.29. The molecule has 0 spiro atoms. The Morgan fingerprint density at radius 2 is 1.81 bits per heavy atom. The van der Waals surface area contributed by atoms with E-state index in [1.54, 1.807) is 37.4 Å². The minimum Gasteiger partial charge on any atom is -0.316 e. The third-order valence-corrected chi connectivity index (χ3v) is 2.43. The maximum atomic E-state index is 12.5. The predicted octanol–water partition coefficient (Wildman–Crippen LogP) is 3.42. The average molecular weight is 250 g/mol. The lowest BCUT2D eigenvalue weighted by Crippen LogP contribution is -2.16. The maximum absolute atomic E-state index is 12.5. The Balaban J connectivity index is 3.19. The van der Waals surface area contributed by atoms with Crippen LogP contribution in [0.15, 0.2) is 35.4 Å². The van der Waals surface area contributed by atoms with Crippen molar-refractivity contribution >= 4 is 17.2 Å². The zero-order valence-electron chi connectivity index (χ0n) is 8.61. The molecule has 0 aliphatic carbocycles. The predicted molar refractivity (Wildman–Crippen MR) is 59.2 cm³/mol. The summed E-state index contributed by atoms with van der Waals surface area (Å²) in [5.74, 6) is 0. The number of nitrogens with one attached hydrogen (secondary N) is 1. The van der Waals surface area contributed by atoms with E-state index in [0.29, 0.717) is 5.56 Å². The van der Waals surface area contributed by atoms with Gasteiger partial charge in [0.2, 0.25) is 0 Å². The van der Waals surface area contributed by atoms with Crippen molar-refractivity contribution in [1.29, 1.82) is 0 Å². The van der Waals surface area contributed by atoms with Gasteiger partial charge in [0.05, 0.1) is 0 Å². The molecule has 0 saturated heterocycles. The first-order valence-electron chi connectivity index (χ1n) is 4.62. The van der Waals surface area contributed by atoms with E-state index in [1.807, 2.05) is 0 Å². The zero-order chi connectivity index (χ0) is 12.2. The van der Waals surface area contributed by atoms with Gasteiger partial charge in [-0.2, -0.15) is 13.2 Å². The number of rotatable bonds is 3. The molecule has 1 aromatic rings. The fraction of sp³-hybridized carbons (Fsp3) is 0.273. The van der Waals surface area contributed by atoms with E-state index in [4.69, 9.17) is 11.6 Å². The van der Waals surface area contributed by atoms with E-state index in [2.05, 4.69) is 5.32 Å². The van der Waals surface area contributed by atoms with Gasteiger partial charge < -0.3 is 5.32 Å². The maximum Gasteiger partial charge on any atom is 0.427 e. The largest absolute Gasteiger partial charge is 0.427 e. The van der Waals surface area contributed by atoms with Gasteiger partial charge in [-0.25, -0.2) is 0 Å². The summed E-state index contributed by atoms with van der Waals surface area (Å²) in [5.41, 5.74) is 0.524.